The summed E-state index contributed by atoms with van der Waals surface area (Å²) in [6.07, 6.45) is 5.64. The number of rotatable bonds is 6. The van der Waals surface area contributed by atoms with Crippen molar-refractivity contribution in [3.8, 4) is 0 Å². The lowest BCUT2D eigenvalue weighted by Gasteiger charge is -2.31. The number of ether oxygens (including phenoxy) is 1. The first-order valence-electron chi connectivity index (χ1n) is 7.84. The quantitative estimate of drug-likeness (QED) is 0.796. The maximum absolute atomic E-state index is 11.8. The molecule has 0 aromatic heterocycles. The van der Waals surface area contributed by atoms with Gasteiger partial charge in [-0.25, -0.2) is 0 Å². The molecule has 2 fully saturated rings. The first-order chi connectivity index (χ1) is 9.28. The molecular weight excluding hydrogens is 240 g/mol. The van der Waals surface area contributed by atoms with Crippen LogP contribution in [0.1, 0.15) is 39.0 Å². The van der Waals surface area contributed by atoms with Crippen LogP contribution >= 0.6 is 0 Å². The molecule has 1 N–H and O–H groups in total. The highest BCUT2D eigenvalue weighted by Crippen LogP contribution is 2.19. The molecule has 19 heavy (non-hydrogen) atoms. The van der Waals surface area contributed by atoms with E-state index in [2.05, 4.69) is 17.1 Å². The summed E-state index contributed by atoms with van der Waals surface area (Å²) in [6, 6.07) is 0. The Balaban J connectivity index is 1.52. The lowest BCUT2D eigenvalue weighted by molar-refractivity contribution is -0.122. The Morgan fingerprint density at radius 1 is 1.26 bits per heavy atom. The SMILES string of the molecule is CCC1CCN(CCNC(=O)C[C@@H]2CCOC2)CC1. The zero-order valence-corrected chi connectivity index (χ0v) is 12.2. The summed E-state index contributed by atoms with van der Waals surface area (Å²) in [5.41, 5.74) is 0. The summed E-state index contributed by atoms with van der Waals surface area (Å²) in [5, 5.41) is 3.05. The van der Waals surface area contributed by atoms with Crippen LogP contribution in [0.3, 0.4) is 0 Å². The van der Waals surface area contributed by atoms with Crippen molar-refractivity contribution in [2.45, 2.75) is 39.0 Å². The molecule has 2 aliphatic heterocycles. The Bertz CT molecular complexity index is 269. The Kier molecular flexibility index (Phi) is 6.11. The molecule has 2 heterocycles. The van der Waals surface area contributed by atoms with Crippen LogP contribution in [0.5, 0.6) is 0 Å². The molecule has 4 nitrogen and oxygen atoms in total. The van der Waals surface area contributed by atoms with Gasteiger partial charge in [-0.2, -0.15) is 0 Å². The van der Waals surface area contributed by atoms with Gasteiger partial charge in [-0.1, -0.05) is 13.3 Å². The maximum atomic E-state index is 11.8. The summed E-state index contributed by atoms with van der Waals surface area (Å²) in [7, 11) is 0. The van der Waals surface area contributed by atoms with E-state index >= 15 is 0 Å². The van der Waals surface area contributed by atoms with Gasteiger partial charge in [0.1, 0.15) is 0 Å². The standard InChI is InChI=1S/C15H28N2O2/c1-2-13-3-7-17(8-4-13)9-6-16-15(18)11-14-5-10-19-12-14/h13-14H,2-12H2,1H3,(H,16,18)/t14-/m0/s1. The van der Waals surface area contributed by atoms with Gasteiger partial charge in [-0.15, -0.1) is 0 Å². The molecule has 0 unspecified atom stereocenters. The van der Waals surface area contributed by atoms with Crippen LogP contribution in [0.25, 0.3) is 0 Å². The van der Waals surface area contributed by atoms with E-state index in [1.807, 2.05) is 0 Å². The Labute approximate surface area is 116 Å². The van der Waals surface area contributed by atoms with Crippen LogP contribution in [-0.2, 0) is 9.53 Å². The summed E-state index contributed by atoms with van der Waals surface area (Å²) in [4.78, 5) is 14.2. The smallest absolute Gasteiger partial charge is 0.220 e. The van der Waals surface area contributed by atoms with E-state index in [9.17, 15) is 4.79 Å². The second kappa shape index (κ2) is 7.85. The number of nitrogens with zero attached hydrogens (tertiary/aromatic N) is 1. The van der Waals surface area contributed by atoms with Crippen molar-refractivity contribution in [2.24, 2.45) is 11.8 Å². The number of hydrogen-bond donors (Lipinski definition) is 1. The number of nitrogens with one attached hydrogen (secondary N) is 1. The molecule has 1 atom stereocenters. The van der Waals surface area contributed by atoms with Gasteiger partial charge >= 0.3 is 0 Å². The van der Waals surface area contributed by atoms with Gasteiger partial charge in [0.25, 0.3) is 0 Å². The number of piperidine rings is 1. The number of amides is 1. The largest absolute Gasteiger partial charge is 0.381 e. The van der Waals surface area contributed by atoms with Gasteiger partial charge in [-0.3, -0.25) is 4.79 Å². The van der Waals surface area contributed by atoms with Crippen molar-refractivity contribution in [1.82, 2.24) is 10.2 Å². The molecule has 110 valence electrons. The zero-order chi connectivity index (χ0) is 13.5. The third-order valence-electron chi connectivity index (χ3n) is 4.53. The van der Waals surface area contributed by atoms with E-state index in [1.165, 1.54) is 32.4 Å². The number of carbonyl (C=O) groups is 1. The fourth-order valence-electron chi connectivity index (χ4n) is 3.05. The van der Waals surface area contributed by atoms with Gasteiger partial charge in [-0.05, 0) is 44.2 Å². The molecule has 2 saturated heterocycles. The Morgan fingerprint density at radius 3 is 2.68 bits per heavy atom. The van der Waals surface area contributed by atoms with Crippen molar-refractivity contribution in [1.29, 1.82) is 0 Å². The Hall–Kier alpha value is -0.610. The highest BCUT2D eigenvalue weighted by molar-refractivity contribution is 5.76. The van der Waals surface area contributed by atoms with Gasteiger partial charge in [0.15, 0.2) is 0 Å². The molecule has 0 aromatic rings. The summed E-state index contributed by atoms with van der Waals surface area (Å²) < 4.78 is 5.29. The molecule has 0 aromatic carbocycles. The maximum Gasteiger partial charge on any atom is 0.220 e. The average Bonchev–Trinajstić information content (AvgIpc) is 2.92. The molecule has 2 aliphatic rings. The lowest BCUT2D eigenvalue weighted by atomic mass is 9.94. The van der Waals surface area contributed by atoms with E-state index in [1.54, 1.807) is 0 Å². The minimum absolute atomic E-state index is 0.193. The van der Waals surface area contributed by atoms with Crippen LogP contribution < -0.4 is 5.32 Å². The third kappa shape index (κ3) is 5.11. The zero-order valence-electron chi connectivity index (χ0n) is 12.2. The van der Waals surface area contributed by atoms with Crippen LogP contribution in [0.4, 0.5) is 0 Å². The predicted octanol–water partition coefficient (Wildman–Crippen LogP) is 1.65. The van der Waals surface area contributed by atoms with Crippen LogP contribution in [-0.4, -0.2) is 50.2 Å². The second-order valence-electron chi connectivity index (χ2n) is 5.98. The number of carbonyl (C=O) groups excluding carboxylic acids is 1. The van der Waals surface area contributed by atoms with Gasteiger partial charge in [0, 0.05) is 32.7 Å². The monoisotopic (exact) mass is 268 g/mol. The molecule has 4 heteroatoms. The number of likely N-dealkylation sites (tertiary alicyclic amines) is 1. The minimum atomic E-state index is 0.193. The number of hydrogen-bond acceptors (Lipinski definition) is 3. The van der Waals surface area contributed by atoms with Crippen LogP contribution in [0.15, 0.2) is 0 Å². The van der Waals surface area contributed by atoms with E-state index in [0.717, 1.165) is 38.6 Å². The molecule has 0 aliphatic carbocycles. The van der Waals surface area contributed by atoms with E-state index in [4.69, 9.17) is 4.74 Å². The van der Waals surface area contributed by atoms with Crippen molar-refractivity contribution in [3.05, 3.63) is 0 Å². The molecular formula is C15H28N2O2. The minimum Gasteiger partial charge on any atom is -0.381 e. The lowest BCUT2D eigenvalue weighted by Crippen LogP contribution is -2.39. The second-order valence-corrected chi connectivity index (χ2v) is 5.98. The Morgan fingerprint density at radius 2 is 2.05 bits per heavy atom. The normalized spacial score (nSPS) is 25.6. The summed E-state index contributed by atoms with van der Waals surface area (Å²) in [6.45, 7) is 8.07. The first kappa shape index (κ1) is 14.8. The molecule has 0 radical (unpaired) electrons. The van der Waals surface area contributed by atoms with Gasteiger partial charge < -0.3 is 15.0 Å². The summed E-state index contributed by atoms with van der Waals surface area (Å²) >= 11 is 0. The van der Waals surface area contributed by atoms with E-state index in [0.29, 0.717) is 12.3 Å². The van der Waals surface area contributed by atoms with Gasteiger partial charge in [0.2, 0.25) is 5.91 Å². The molecule has 0 saturated carbocycles. The molecule has 0 spiro atoms. The van der Waals surface area contributed by atoms with Crippen molar-refractivity contribution < 1.29 is 9.53 Å². The van der Waals surface area contributed by atoms with Crippen LogP contribution in [0, 0.1) is 11.8 Å². The molecule has 1 amide bonds. The fraction of sp³-hybridized carbons (Fsp3) is 0.933. The first-order valence-corrected chi connectivity index (χ1v) is 7.84. The molecule has 2 rings (SSSR count). The highest BCUT2D eigenvalue weighted by atomic mass is 16.5. The van der Waals surface area contributed by atoms with Crippen molar-refractivity contribution >= 4 is 5.91 Å². The van der Waals surface area contributed by atoms with E-state index in [-0.39, 0.29) is 5.91 Å². The topological polar surface area (TPSA) is 41.6 Å². The average molecular weight is 268 g/mol. The fourth-order valence-corrected chi connectivity index (χ4v) is 3.05. The molecule has 0 bridgehead atoms. The third-order valence-corrected chi connectivity index (χ3v) is 4.53. The predicted molar refractivity (Wildman–Crippen MR) is 76.0 cm³/mol. The van der Waals surface area contributed by atoms with Gasteiger partial charge in [0.05, 0.1) is 0 Å². The summed E-state index contributed by atoms with van der Waals surface area (Å²) in [5.74, 6) is 1.56. The van der Waals surface area contributed by atoms with Crippen molar-refractivity contribution in [2.75, 3.05) is 39.4 Å². The van der Waals surface area contributed by atoms with Crippen LogP contribution in [0.2, 0.25) is 0 Å². The highest BCUT2D eigenvalue weighted by Gasteiger charge is 2.20. The van der Waals surface area contributed by atoms with E-state index < -0.39 is 0 Å². The van der Waals surface area contributed by atoms with Crippen molar-refractivity contribution in [3.63, 3.8) is 0 Å².